The van der Waals surface area contributed by atoms with E-state index in [1.807, 2.05) is 0 Å². The van der Waals surface area contributed by atoms with E-state index in [0.717, 1.165) is 12.1 Å². The number of rotatable bonds is 5. The molecule has 8 heteroatoms. The maximum Gasteiger partial charge on any atom is 0.305 e. The third-order valence-electron chi connectivity index (χ3n) is 2.68. The van der Waals surface area contributed by atoms with E-state index in [2.05, 4.69) is 10.3 Å². The van der Waals surface area contributed by atoms with Gasteiger partial charge in [-0.25, -0.2) is 9.37 Å². The fraction of sp³-hybridized carbons (Fsp3) is 0.167. The quantitative estimate of drug-likeness (QED) is 0.641. The summed E-state index contributed by atoms with van der Waals surface area (Å²) in [4.78, 5) is 24.6. The topological polar surface area (TPSA) is 105 Å². The number of benzene rings is 1. The van der Waals surface area contributed by atoms with Crippen molar-refractivity contribution in [2.45, 2.75) is 6.42 Å². The Hall–Kier alpha value is -2.77. The fourth-order valence-electron chi connectivity index (χ4n) is 1.82. The second-order valence-electron chi connectivity index (χ2n) is 3.98. The SMILES string of the molecule is O=C(O)CCNc1nccc2c([N+](=O)[O-])ccc(F)c12. The molecule has 104 valence electrons. The second-order valence-corrected chi connectivity index (χ2v) is 3.98. The van der Waals surface area contributed by atoms with Crippen molar-refractivity contribution in [1.82, 2.24) is 4.98 Å². The van der Waals surface area contributed by atoms with Crippen molar-refractivity contribution >= 4 is 28.2 Å². The number of nitro benzene ring substituents is 1. The molecule has 0 aliphatic rings. The first-order chi connectivity index (χ1) is 9.50. The van der Waals surface area contributed by atoms with Gasteiger partial charge >= 0.3 is 5.97 Å². The van der Waals surface area contributed by atoms with Crippen molar-refractivity contribution in [2.75, 3.05) is 11.9 Å². The normalized spacial score (nSPS) is 10.4. The van der Waals surface area contributed by atoms with Crippen LogP contribution in [0.4, 0.5) is 15.9 Å². The zero-order valence-corrected chi connectivity index (χ0v) is 10.2. The minimum absolute atomic E-state index is 0.0212. The van der Waals surface area contributed by atoms with Crippen LogP contribution in [-0.2, 0) is 4.79 Å². The van der Waals surface area contributed by atoms with Crippen molar-refractivity contribution in [3.8, 4) is 0 Å². The van der Waals surface area contributed by atoms with Crippen LogP contribution >= 0.6 is 0 Å². The monoisotopic (exact) mass is 279 g/mol. The van der Waals surface area contributed by atoms with E-state index < -0.39 is 16.7 Å². The Morgan fingerprint density at radius 1 is 1.45 bits per heavy atom. The highest BCUT2D eigenvalue weighted by Crippen LogP contribution is 2.31. The van der Waals surface area contributed by atoms with Crippen LogP contribution in [-0.4, -0.2) is 27.5 Å². The van der Waals surface area contributed by atoms with Gasteiger partial charge in [0, 0.05) is 18.8 Å². The summed E-state index contributed by atoms with van der Waals surface area (Å²) in [5.74, 6) is -1.58. The minimum atomic E-state index is -1.01. The van der Waals surface area contributed by atoms with Gasteiger partial charge in [0.25, 0.3) is 5.69 Å². The summed E-state index contributed by atoms with van der Waals surface area (Å²) in [6.45, 7) is 0.0452. The van der Waals surface area contributed by atoms with Gasteiger partial charge in [0.2, 0.25) is 0 Å². The average molecular weight is 279 g/mol. The molecule has 2 N–H and O–H groups in total. The first kappa shape index (κ1) is 13.7. The molecule has 0 bridgehead atoms. The standard InChI is InChI=1S/C12H10FN3O4/c13-8-1-2-9(16(19)20)7-3-5-14-12(11(7)8)15-6-4-10(17)18/h1-3,5H,4,6H2,(H,14,15)(H,17,18). The number of nitrogens with one attached hydrogen (secondary N) is 1. The first-order valence-corrected chi connectivity index (χ1v) is 5.68. The molecule has 0 fully saturated rings. The Morgan fingerprint density at radius 3 is 2.85 bits per heavy atom. The average Bonchev–Trinajstić information content (AvgIpc) is 2.38. The number of fused-ring (bicyclic) bond motifs is 1. The highest BCUT2D eigenvalue weighted by Gasteiger charge is 2.17. The minimum Gasteiger partial charge on any atom is -0.481 e. The number of carboxylic acid groups (broad SMARTS) is 1. The lowest BCUT2D eigenvalue weighted by Gasteiger charge is -2.08. The Bertz CT molecular complexity index is 690. The summed E-state index contributed by atoms with van der Waals surface area (Å²) in [7, 11) is 0. The van der Waals surface area contributed by atoms with E-state index in [1.165, 1.54) is 12.3 Å². The zero-order chi connectivity index (χ0) is 14.7. The van der Waals surface area contributed by atoms with Crippen LogP contribution in [0.5, 0.6) is 0 Å². The number of nitro groups is 1. The zero-order valence-electron chi connectivity index (χ0n) is 10.2. The molecule has 2 aromatic rings. The third-order valence-corrected chi connectivity index (χ3v) is 2.68. The van der Waals surface area contributed by atoms with Gasteiger partial charge in [-0.1, -0.05) is 0 Å². The number of aliphatic carboxylic acids is 1. The number of carbonyl (C=O) groups is 1. The van der Waals surface area contributed by atoms with E-state index >= 15 is 0 Å². The summed E-state index contributed by atoms with van der Waals surface area (Å²) in [5, 5.41) is 22.2. The Kier molecular flexibility index (Phi) is 3.74. The second kappa shape index (κ2) is 5.47. The van der Waals surface area contributed by atoms with Gasteiger partial charge in [0.1, 0.15) is 11.6 Å². The van der Waals surface area contributed by atoms with Gasteiger partial charge in [-0.15, -0.1) is 0 Å². The number of nitrogens with zero attached hydrogens (tertiary/aromatic N) is 2. The Labute approximate surface area is 112 Å². The maximum atomic E-state index is 13.9. The summed E-state index contributed by atoms with van der Waals surface area (Å²) < 4.78 is 13.9. The summed E-state index contributed by atoms with van der Waals surface area (Å²) in [6, 6.07) is 3.42. The van der Waals surface area contributed by atoms with E-state index in [4.69, 9.17) is 5.11 Å². The molecular formula is C12H10FN3O4. The fourth-order valence-corrected chi connectivity index (χ4v) is 1.82. The molecule has 1 heterocycles. The largest absolute Gasteiger partial charge is 0.481 e. The van der Waals surface area contributed by atoms with Gasteiger partial charge in [-0.3, -0.25) is 14.9 Å². The Morgan fingerprint density at radius 2 is 2.20 bits per heavy atom. The third kappa shape index (κ3) is 2.63. The van der Waals surface area contributed by atoms with Gasteiger partial charge in [-0.2, -0.15) is 0 Å². The molecule has 0 radical (unpaired) electrons. The molecule has 0 aliphatic carbocycles. The number of anilines is 1. The maximum absolute atomic E-state index is 13.9. The lowest BCUT2D eigenvalue weighted by atomic mass is 10.1. The van der Waals surface area contributed by atoms with Crippen LogP contribution in [0.3, 0.4) is 0 Å². The van der Waals surface area contributed by atoms with E-state index in [9.17, 15) is 19.3 Å². The molecule has 0 saturated heterocycles. The van der Waals surface area contributed by atoms with Crippen molar-refractivity contribution < 1.29 is 19.2 Å². The van der Waals surface area contributed by atoms with E-state index in [-0.39, 0.29) is 35.2 Å². The van der Waals surface area contributed by atoms with Gasteiger partial charge < -0.3 is 10.4 Å². The molecule has 0 aliphatic heterocycles. The van der Waals surface area contributed by atoms with Crippen molar-refractivity contribution in [1.29, 1.82) is 0 Å². The molecule has 0 saturated carbocycles. The van der Waals surface area contributed by atoms with E-state index in [0.29, 0.717) is 0 Å². The van der Waals surface area contributed by atoms with E-state index in [1.54, 1.807) is 0 Å². The summed E-state index contributed by atoms with van der Waals surface area (Å²) >= 11 is 0. The number of halogens is 1. The number of non-ortho nitro benzene ring substituents is 1. The van der Waals surface area contributed by atoms with Crippen LogP contribution in [0.2, 0.25) is 0 Å². The molecular weight excluding hydrogens is 269 g/mol. The number of pyridine rings is 1. The van der Waals surface area contributed by atoms with Crippen LogP contribution in [0, 0.1) is 15.9 Å². The van der Waals surface area contributed by atoms with Gasteiger partial charge in [-0.05, 0) is 12.1 Å². The van der Waals surface area contributed by atoms with Crippen LogP contribution < -0.4 is 5.32 Å². The predicted octanol–water partition coefficient (Wildman–Crippen LogP) is 2.17. The van der Waals surface area contributed by atoms with Gasteiger partial charge in [0.15, 0.2) is 0 Å². The van der Waals surface area contributed by atoms with Crippen molar-refractivity contribution in [3.05, 3.63) is 40.3 Å². The molecule has 2 rings (SSSR count). The smallest absolute Gasteiger partial charge is 0.305 e. The molecule has 0 atom stereocenters. The summed E-state index contributed by atoms with van der Waals surface area (Å²) in [6.07, 6.45) is 1.13. The molecule has 0 amide bonds. The first-order valence-electron chi connectivity index (χ1n) is 5.68. The molecule has 1 aromatic carbocycles. The van der Waals surface area contributed by atoms with Gasteiger partial charge in [0.05, 0.1) is 22.1 Å². The molecule has 1 aromatic heterocycles. The van der Waals surface area contributed by atoms with Crippen LogP contribution in [0.1, 0.15) is 6.42 Å². The molecule has 0 unspecified atom stereocenters. The molecule has 7 nitrogen and oxygen atoms in total. The number of carboxylic acids is 1. The number of hydrogen-bond donors (Lipinski definition) is 2. The van der Waals surface area contributed by atoms with Crippen molar-refractivity contribution in [2.24, 2.45) is 0 Å². The predicted molar refractivity (Wildman–Crippen MR) is 69.1 cm³/mol. The van der Waals surface area contributed by atoms with Crippen molar-refractivity contribution in [3.63, 3.8) is 0 Å². The number of hydrogen-bond acceptors (Lipinski definition) is 5. The highest BCUT2D eigenvalue weighted by molar-refractivity contribution is 5.98. The Balaban J connectivity index is 2.48. The van der Waals surface area contributed by atoms with Crippen LogP contribution in [0.25, 0.3) is 10.8 Å². The lowest BCUT2D eigenvalue weighted by Crippen LogP contribution is -2.09. The summed E-state index contributed by atoms with van der Waals surface area (Å²) in [5.41, 5.74) is -0.231. The molecule has 20 heavy (non-hydrogen) atoms. The van der Waals surface area contributed by atoms with Crippen LogP contribution in [0.15, 0.2) is 24.4 Å². The number of aromatic nitrogens is 1. The molecule has 0 spiro atoms. The lowest BCUT2D eigenvalue weighted by molar-refractivity contribution is -0.383. The highest BCUT2D eigenvalue weighted by atomic mass is 19.1.